The van der Waals surface area contributed by atoms with Gasteiger partial charge in [-0.25, -0.2) is 9.78 Å². The number of hydrogen-bond acceptors (Lipinski definition) is 4. The third kappa shape index (κ3) is 3.95. The fourth-order valence-electron chi connectivity index (χ4n) is 2.11. The smallest absolute Gasteiger partial charge is 0.337 e. The summed E-state index contributed by atoms with van der Waals surface area (Å²) in [6.45, 7) is 2.88. The second-order valence-corrected chi connectivity index (χ2v) is 4.99. The van der Waals surface area contributed by atoms with Crippen molar-refractivity contribution in [2.75, 3.05) is 17.6 Å². The summed E-state index contributed by atoms with van der Waals surface area (Å²) in [5.41, 5.74) is 7.10. The van der Waals surface area contributed by atoms with Crippen LogP contribution in [0.1, 0.15) is 35.2 Å². The lowest BCUT2D eigenvalue weighted by Gasteiger charge is -2.13. The Labute approximate surface area is 123 Å². The van der Waals surface area contributed by atoms with Crippen LogP contribution in [0.5, 0.6) is 0 Å². The van der Waals surface area contributed by atoms with E-state index in [0.717, 1.165) is 6.42 Å². The number of nitrogens with zero attached hydrogens (tertiary/aromatic N) is 1. The van der Waals surface area contributed by atoms with Crippen LogP contribution in [0.2, 0.25) is 0 Å². The van der Waals surface area contributed by atoms with Gasteiger partial charge in [0.05, 0.1) is 17.4 Å². The van der Waals surface area contributed by atoms with Gasteiger partial charge in [0.1, 0.15) is 5.82 Å². The zero-order valence-corrected chi connectivity index (χ0v) is 11.9. The number of aromatic carboxylic acids is 1. The fraction of sp³-hybridized carbons (Fsp3) is 0.250. The molecule has 0 spiro atoms. The number of carboxylic acids is 1. The molecule has 0 aliphatic rings. The minimum absolute atomic E-state index is 0.0728. The minimum Gasteiger partial charge on any atom is -0.478 e. The van der Waals surface area contributed by atoms with Gasteiger partial charge in [-0.05, 0) is 24.0 Å². The summed E-state index contributed by atoms with van der Waals surface area (Å²) in [6.07, 6.45) is 2.30. The van der Waals surface area contributed by atoms with Crippen molar-refractivity contribution in [3.8, 4) is 0 Å². The van der Waals surface area contributed by atoms with Crippen molar-refractivity contribution in [3.05, 3.63) is 53.7 Å². The molecule has 21 heavy (non-hydrogen) atoms. The lowest BCUT2D eigenvalue weighted by molar-refractivity contribution is 0.0698. The van der Waals surface area contributed by atoms with E-state index in [2.05, 4.69) is 29.4 Å². The molecule has 1 aromatic heterocycles. The lowest BCUT2D eigenvalue weighted by atomic mass is 9.98. The molecular formula is C16H19N3O2. The van der Waals surface area contributed by atoms with Gasteiger partial charge in [-0.15, -0.1) is 0 Å². The molecule has 110 valence electrons. The third-order valence-corrected chi connectivity index (χ3v) is 3.42. The number of aromatic nitrogens is 1. The molecule has 0 aliphatic heterocycles. The standard InChI is InChI=1S/C16H19N3O2/c1-11(12-5-3-2-4-6-12)7-8-18-15-9-13(16(20)21)14(17)10-19-15/h2-6,9-11H,7-8,17H2,1H3,(H,18,19)(H,20,21). The van der Waals surface area contributed by atoms with E-state index in [1.807, 2.05) is 18.2 Å². The number of nitrogen functional groups attached to an aromatic ring is 1. The number of rotatable bonds is 6. The summed E-state index contributed by atoms with van der Waals surface area (Å²) < 4.78 is 0. The third-order valence-electron chi connectivity index (χ3n) is 3.42. The van der Waals surface area contributed by atoms with Gasteiger partial charge in [-0.1, -0.05) is 37.3 Å². The SMILES string of the molecule is CC(CCNc1cc(C(=O)O)c(N)cn1)c1ccccc1. The first-order chi connectivity index (χ1) is 10.1. The van der Waals surface area contributed by atoms with Crippen LogP contribution in [0.3, 0.4) is 0 Å². The highest BCUT2D eigenvalue weighted by Gasteiger charge is 2.10. The number of nitrogens with two attached hydrogens (primary N) is 1. The second kappa shape index (κ2) is 6.74. The monoisotopic (exact) mass is 285 g/mol. The van der Waals surface area contributed by atoms with E-state index < -0.39 is 5.97 Å². The molecule has 0 radical (unpaired) electrons. The van der Waals surface area contributed by atoms with E-state index in [1.165, 1.54) is 17.8 Å². The highest BCUT2D eigenvalue weighted by atomic mass is 16.4. The first kappa shape index (κ1) is 14.8. The van der Waals surface area contributed by atoms with E-state index in [9.17, 15) is 4.79 Å². The maximum atomic E-state index is 11.0. The number of hydrogen-bond donors (Lipinski definition) is 3. The summed E-state index contributed by atoms with van der Waals surface area (Å²) >= 11 is 0. The van der Waals surface area contributed by atoms with Crippen LogP contribution in [0, 0.1) is 0 Å². The number of anilines is 2. The summed E-state index contributed by atoms with van der Waals surface area (Å²) in [5.74, 6) is -0.0936. The molecule has 4 N–H and O–H groups in total. The van der Waals surface area contributed by atoms with Gasteiger partial charge in [0.25, 0.3) is 0 Å². The van der Waals surface area contributed by atoms with Crippen molar-refractivity contribution in [2.24, 2.45) is 0 Å². The molecule has 1 atom stereocenters. The average molecular weight is 285 g/mol. The molecule has 5 nitrogen and oxygen atoms in total. The Kier molecular flexibility index (Phi) is 4.77. The minimum atomic E-state index is -1.05. The maximum Gasteiger partial charge on any atom is 0.337 e. The zero-order valence-electron chi connectivity index (χ0n) is 11.9. The van der Waals surface area contributed by atoms with E-state index in [4.69, 9.17) is 10.8 Å². The molecule has 0 saturated heterocycles. The molecule has 0 fully saturated rings. The Bertz CT molecular complexity index is 614. The van der Waals surface area contributed by atoms with Crippen molar-refractivity contribution < 1.29 is 9.90 Å². The molecule has 0 aliphatic carbocycles. The van der Waals surface area contributed by atoms with Crippen LogP contribution >= 0.6 is 0 Å². The highest BCUT2D eigenvalue weighted by molar-refractivity contribution is 5.94. The zero-order chi connectivity index (χ0) is 15.2. The van der Waals surface area contributed by atoms with Gasteiger partial charge in [0.15, 0.2) is 0 Å². The largest absolute Gasteiger partial charge is 0.478 e. The van der Waals surface area contributed by atoms with Crippen LogP contribution in [0.4, 0.5) is 11.5 Å². The van der Waals surface area contributed by atoms with Crippen LogP contribution in [-0.2, 0) is 0 Å². The van der Waals surface area contributed by atoms with Gasteiger partial charge in [-0.2, -0.15) is 0 Å². The normalized spacial score (nSPS) is 11.9. The molecular weight excluding hydrogens is 266 g/mol. The average Bonchev–Trinajstić information content (AvgIpc) is 2.49. The first-order valence-electron chi connectivity index (χ1n) is 6.85. The van der Waals surface area contributed by atoms with Crippen LogP contribution < -0.4 is 11.1 Å². The molecule has 2 aromatic rings. The molecule has 0 bridgehead atoms. The first-order valence-corrected chi connectivity index (χ1v) is 6.85. The van der Waals surface area contributed by atoms with E-state index in [1.54, 1.807) is 0 Å². The topological polar surface area (TPSA) is 88.2 Å². The Morgan fingerprint density at radius 3 is 2.76 bits per heavy atom. The summed E-state index contributed by atoms with van der Waals surface area (Å²) in [5, 5.41) is 12.2. The predicted octanol–water partition coefficient (Wildman–Crippen LogP) is 2.97. The Balaban J connectivity index is 1.92. The Hall–Kier alpha value is -2.56. The summed E-state index contributed by atoms with van der Waals surface area (Å²) in [6, 6.07) is 11.7. The van der Waals surface area contributed by atoms with Crippen molar-refractivity contribution >= 4 is 17.5 Å². The summed E-state index contributed by atoms with van der Waals surface area (Å²) in [7, 11) is 0. The van der Waals surface area contributed by atoms with Crippen molar-refractivity contribution in [1.29, 1.82) is 0 Å². The summed E-state index contributed by atoms with van der Waals surface area (Å²) in [4.78, 5) is 15.1. The predicted molar refractivity (Wildman–Crippen MR) is 83.6 cm³/mol. The van der Waals surface area contributed by atoms with Gasteiger partial charge in [-0.3, -0.25) is 0 Å². The van der Waals surface area contributed by atoms with Crippen LogP contribution in [-0.4, -0.2) is 22.6 Å². The van der Waals surface area contributed by atoms with E-state index >= 15 is 0 Å². The molecule has 1 unspecified atom stereocenters. The van der Waals surface area contributed by atoms with Crippen molar-refractivity contribution in [2.45, 2.75) is 19.3 Å². The molecule has 5 heteroatoms. The van der Waals surface area contributed by atoms with Gasteiger partial charge >= 0.3 is 5.97 Å². The van der Waals surface area contributed by atoms with Gasteiger partial charge in [0.2, 0.25) is 0 Å². The van der Waals surface area contributed by atoms with Crippen LogP contribution in [0.25, 0.3) is 0 Å². The molecule has 0 saturated carbocycles. The van der Waals surface area contributed by atoms with Crippen LogP contribution in [0.15, 0.2) is 42.6 Å². The molecule has 1 heterocycles. The number of carbonyl (C=O) groups is 1. The van der Waals surface area contributed by atoms with E-state index in [0.29, 0.717) is 18.3 Å². The maximum absolute atomic E-state index is 11.0. The molecule has 1 aromatic carbocycles. The van der Waals surface area contributed by atoms with Gasteiger partial charge < -0.3 is 16.2 Å². The number of benzene rings is 1. The number of carboxylic acid groups (broad SMARTS) is 1. The lowest BCUT2D eigenvalue weighted by Crippen LogP contribution is -2.09. The van der Waals surface area contributed by atoms with Gasteiger partial charge in [0, 0.05) is 6.54 Å². The van der Waals surface area contributed by atoms with E-state index in [-0.39, 0.29) is 11.3 Å². The quantitative estimate of drug-likeness (QED) is 0.759. The number of nitrogens with one attached hydrogen (secondary N) is 1. The Morgan fingerprint density at radius 2 is 2.10 bits per heavy atom. The molecule has 2 rings (SSSR count). The Morgan fingerprint density at radius 1 is 1.38 bits per heavy atom. The highest BCUT2D eigenvalue weighted by Crippen LogP contribution is 2.19. The second-order valence-electron chi connectivity index (χ2n) is 4.99. The van der Waals surface area contributed by atoms with Crippen molar-refractivity contribution in [1.82, 2.24) is 4.98 Å². The fourth-order valence-corrected chi connectivity index (χ4v) is 2.11. The molecule has 0 amide bonds. The van der Waals surface area contributed by atoms with Crippen molar-refractivity contribution in [3.63, 3.8) is 0 Å². The number of pyridine rings is 1.